The van der Waals surface area contributed by atoms with Crippen LogP contribution in [0.4, 0.5) is 5.69 Å². The number of amides is 1. The van der Waals surface area contributed by atoms with Crippen LogP contribution >= 0.6 is 0 Å². The molecule has 0 bridgehead atoms. The lowest BCUT2D eigenvalue weighted by Gasteiger charge is -2.33. The van der Waals surface area contributed by atoms with E-state index in [4.69, 9.17) is 14.2 Å². The first kappa shape index (κ1) is 22.9. The Kier molecular flexibility index (Phi) is 7.07. The van der Waals surface area contributed by atoms with Gasteiger partial charge in [-0.2, -0.15) is 4.31 Å². The molecule has 1 heterocycles. The average molecular weight is 449 g/mol. The molecular formula is C22H28N2O6S. The van der Waals surface area contributed by atoms with Crippen molar-refractivity contribution >= 4 is 21.6 Å². The summed E-state index contributed by atoms with van der Waals surface area (Å²) in [6.07, 6.45) is 1.25. The van der Waals surface area contributed by atoms with E-state index in [1.807, 2.05) is 0 Å². The lowest BCUT2D eigenvalue weighted by atomic mass is 9.98. The van der Waals surface area contributed by atoms with E-state index in [0.717, 1.165) is 0 Å². The molecule has 1 fully saturated rings. The minimum absolute atomic E-state index is 0.137. The number of carbonyl (C=O) groups excluding carboxylic acids is 1. The summed E-state index contributed by atoms with van der Waals surface area (Å²) in [6, 6.07) is 11.5. The summed E-state index contributed by atoms with van der Waals surface area (Å²) < 4.78 is 43.2. The number of hydrogen-bond donors (Lipinski definition) is 0. The van der Waals surface area contributed by atoms with Crippen LogP contribution in [0.2, 0.25) is 0 Å². The normalized spacial score (nSPS) is 17.1. The molecule has 1 amide bonds. The molecule has 0 aromatic heterocycles. The Morgan fingerprint density at radius 1 is 1.00 bits per heavy atom. The Bertz CT molecular complexity index is 1020. The predicted octanol–water partition coefficient (Wildman–Crippen LogP) is 2.78. The molecule has 2 aromatic carbocycles. The van der Waals surface area contributed by atoms with E-state index >= 15 is 0 Å². The van der Waals surface area contributed by atoms with E-state index in [1.165, 1.54) is 35.6 Å². The number of piperidine rings is 1. The number of carbonyl (C=O) groups is 1. The molecule has 0 spiro atoms. The summed E-state index contributed by atoms with van der Waals surface area (Å²) in [7, 11) is 2.60. The lowest BCUT2D eigenvalue weighted by Crippen LogP contribution is -2.45. The maximum Gasteiger partial charge on any atom is 0.243 e. The smallest absolute Gasteiger partial charge is 0.243 e. The first-order valence-corrected chi connectivity index (χ1v) is 11.4. The van der Waals surface area contributed by atoms with Gasteiger partial charge in [-0.05, 0) is 49.2 Å². The zero-order valence-electron chi connectivity index (χ0n) is 18.2. The minimum atomic E-state index is -3.69. The first-order chi connectivity index (χ1) is 14.8. The van der Waals surface area contributed by atoms with Crippen LogP contribution in [0.15, 0.2) is 47.4 Å². The second-order valence-corrected chi connectivity index (χ2v) is 9.25. The summed E-state index contributed by atoms with van der Waals surface area (Å²) in [5.41, 5.74) is 0.651. The molecular weight excluding hydrogens is 420 g/mol. The van der Waals surface area contributed by atoms with Crippen LogP contribution in [0.3, 0.4) is 0 Å². The molecule has 9 heteroatoms. The third-order valence-corrected chi connectivity index (χ3v) is 7.39. The van der Waals surface area contributed by atoms with Gasteiger partial charge >= 0.3 is 0 Å². The van der Waals surface area contributed by atoms with Gasteiger partial charge in [-0.1, -0.05) is 0 Å². The van der Waals surface area contributed by atoms with Crippen LogP contribution in [-0.2, 0) is 14.8 Å². The second-order valence-electron chi connectivity index (χ2n) is 7.31. The Labute approximate surface area is 183 Å². The third-order valence-electron chi connectivity index (χ3n) is 5.52. The fraction of sp³-hybridized carbons (Fsp3) is 0.409. The predicted molar refractivity (Wildman–Crippen MR) is 117 cm³/mol. The van der Waals surface area contributed by atoms with Crippen LogP contribution in [0.1, 0.15) is 12.8 Å². The van der Waals surface area contributed by atoms with E-state index in [9.17, 15) is 13.2 Å². The molecule has 1 unspecified atom stereocenters. The quantitative estimate of drug-likeness (QED) is 0.648. The van der Waals surface area contributed by atoms with Gasteiger partial charge in [0.1, 0.15) is 5.75 Å². The highest BCUT2D eigenvalue weighted by molar-refractivity contribution is 7.89. The Hall–Kier alpha value is -2.78. The standard InChI is InChI=1S/C22H28N2O6S/c1-23(17-7-12-20(29-3)21(14-17)30-4)22(25)16-6-5-13-24(15-16)31(26,27)19-10-8-18(28-2)9-11-19/h7-12,14,16H,5-6,13,15H2,1-4H3. The molecule has 2 aromatic rings. The summed E-state index contributed by atoms with van der Waals surface area (Å²) in [4.78, 5) is 14.9. The molecule has 0 radical (unpaired) electrons. The van der Waals surface area contributed by atoms with Crippen molar-refractivity contribution in [3.05, 3.63) is 42.5 Å². The van der Waals surface area contributed by atoms with Gasteiger partial charge in [0.15, 0.2) is 11.5 Å². The van der Waals surface area contributed by atoms with Gasteiger partial charge in [-0.25, -0.2) is 8.42 Å². The van der Waals surface area contributed by atoms with Crippen LogP contribution in [-0.4, -0.2) is 60.1 Å². The van der Waals surface area contributed by atoms with E-state index < -0.39 is 15.9 Å². The molecule has 0 aliphatic carbocycles. The molecule has 1 saturated heterocycles. The topological polar surface area (TPSA) is 85.4 Å². The van der Waals surface area contributed by atoms with Crippen molar-refractivity contribution in [1.82, 2.24) is 4.31 Å². The van der Waals surface area contributed by atoms with Crippen molar-refractivity contribution in [3.8, 4) is 17.2 Å². The van der Waals surface area contributed by atoms with Crippen LogP contribution in [0, 0.1) is 5.92 Å². The summed E-state index contributed by atoms with van der Waals surface area (Å²) in [5.74, 6) is 1.11. The number of anilines is 1. The Morgan fingerprint density at radius 2 is 1.68 bits per heavy atom. The SMILES string of the molecule is COc1ccc(S(=O)(=O)N2CCCC(C(=O)N(C)c3ccc(OC)c(OC)c3)C2)cc1. The summed E-state index contributed by atoms with van der Waals surface area (Å²) in [5, 5.41) is 0. The van der Waals surface area contributed by atoms with Crippen molar-refractivity contribution in [2.75, 3.05) is 46.4 Å². The van der Waals surface area contributed by atoms with Gasteiger partial charge in [0.05, 0.1) is 32.1 Å². The minimum Gasteiger partial charge on any atom is -0.497 e. The Morgan fingerprint density at radius 3 is 2.29 bits per heavy atom. The number of hydrogen-bond acceptors (Lipinski definition) is 6. The van der Waals surface area contributed by atoms with Crippen LogP contribution in [0.25, 0.3) is 0 Å². The van der Waals surface area contributed by atoms with Crippen molar-refractivity contribution < 1.29 is 27.4 Å². The van der Waals surface area contributed by atoms with Crippen LogP contribution < -0.4 is 19.1 Å². The number of sulfonamides is 1. The highest BCUT2D eigenvalue weighted by Crippen LogP contribution is 2.32. The zero-order valence-corrected chi connectivity index (χ0v) is 19.0. The number of rotatable bonds is 7. The van der Waals surface area contributed by atoms with E-state index in [0.29, 0.717) is 42.3 Å². The van der Waals surface area contributed by atoms with E-state index in [-0.39, 0.29) is 17.3 Å². The van der Waals surface area contributed by atoms with Gasteiger partial charge in [0.25, 0.3) is 0 Å². The van der Waals surface area contributed by atoms with Crippen molar-refractivity contribution in [3.63, 3.8) is 0 Å². The molecule has 1 aliphatic heterocycles. The van der Waals surface area contributed by atoms with E-state index in [1.54, 1.807) is 44.5 Å². The molecule has 3 rings (SSSR count). The van der Waals surface area contributed by atoms with Crippen molar-refractivity contribution in [2.45, 2.75) is 17.7 Å². The maximum absolute atomic E-state index is 13.2. The molecule has 1 atom stereocenters. The Balaban J connectivity index is 1.77. The molecule has 0 N–H and O–H groups in total. The number of benzene rings is 2. The first-order valence-electron chi connectivity index (χ1n) is 9.95. The summed E-state index contributed by atoms with van der Waals surface area (Å²) >= 11 is 0. The molecule has 1 aliphatic rings. The lowest BCUT2D eigenvalue weighted by molar-refractivity contribution is -0.123. The van der Waals surface area contributed by atoms with E-state index in [2.05, 4.69) is 0 Å². The maximum atomic E-state index is 13.2. The number of nitrogens with zero attached hydrogens (tertiary/aromatic N) is 2. The van der Waals surface area contributed by atoms with Gasteiger partial charge in [0, 0.05) is 31.9 Å². The molecule has 0 saturated carbocycles. The largest absolute Gasteiger partial charge is 0.497 e. The van der Waals surface area contributed by atoms with Crippen molar-refractivity contribution in [2.24, 2.45) is 5.92 Å². The average Bonchev–Trinajstić information content (AvgIpc) is 2.82. The number of ether oxygens (including phenoxy) is 3. The number of methoxy groups -OCH3 is 3. The molecule has 8 nitrogen and oxygen atoms in total. The van der Waals surface area contributed by atoms with Gasteiger partial charge in [-0.15, -0.1) is 0 Å². The highest BCUT2D eigenvalue weighted by atomic mass is 32.2. The fourth-order valence-corrected chi connectivity index (χ4v) is 5.22. The zero-order chi connectivity index (χ0) is 22.6. The van der Waals surface area contributed by atoms with Crippen LogP contribution in [0.5, 0.6) is 17.2 Å². The third kappa shape index (κ3) is 4.77. The highest BCUT2D eigenvalue weighted by Gasteiger charge is 2.34. The van der Waals surface area contributed by atoms with Gasteiger partial charge in [0.2, 0.25) is 15.9 Å². The fourth-order valence-electron chi connectivity index (χ4n) is 3.69. The monoisotopic (exact) mass is 448 g/mol. The second kappa shape index (κ2) is 9.57. The van der Waals surface area contributed by atoms with Crippen molar-refractivity contribution in [1.29, 1.82) is 0 Å². The van der Waals surface area contributed by atoms with Gasteiger partial charge < -0.3 is 19.1 Å². The summed E-state index contributed by atoms with van der Waals surface area (Å²) in [6.45, 7) is 0.531. The van der Waals surface area contributed by atoms with Gasteiger partial charge in [-0.3, -0.25) is 4.79 Å². The molecule has 31 heavy (non-hydrogen) atoms. The molecule has 168 valence electrons.